The summed E-state index contributed by atoms with van der Waals surface area (Å²) in [4.78, 5) is 14.3. The van der Waals surface area contributed by atoms with Gasteiger partial charge in [-0.25, -0.2) is 0 Å². The Morgan fingerprint density at radius 3 is 2.77 bits per heavy atom. The van der Waals surface area contributed by atoms with Crippen LogP contribution in [0.1, 0.15) is 10.6 Å². The normalized spacial score (nSPS) is 15.6. The van der Waals surface area contributed by atoms with Gasteiger partial charge in [-0.2, -0.15) is 0 Å². The average Bonchev–Trinajstić information content (AvgIpc) is 3.07. The van der Waals surface area contributed by atoms with Crippen molar-refractivity contribution >= 4 is 5.91 Å². The van der Waals surface area contributed by atoms with E-state index in [0.29, 0.717) is 12.2 Å². The Labute approximate surface area is 129 Å². The molecule has 6 heteroatoms. The van der Waals surface area contributed by atoms with Crippen LogP contribution < -0.4 is 5.32 Å². The molecule has 1 saturated heterocycles. The fraction of sp³-hybridized carbons (Fsp3) is 0.375. The van der Waals surface area contributed by atoms with Crippen LogP contribution in [0.15, 0.2) is 40.9 Å². The van der Waals surface area contributed by atoms with Crippen LogP contribution in [0.3, 0.4) is 0 Å². The number of hydrogen-bond acceptors (Lipinski definition) is 5. The van der Waals surface area contributed by atoms with E-state index in [1.165, 1.54) is 0 Å². The van der Waals surface area contributed by atoms with Gasteiger partial charge in [-0.15, -0.1) is 0 Å². The molecule has 1 fully saturated rings. The van der Waals surface area contributed by atoms with E-state index >= 15 is 0 Å². The van der Waals surface area contributed by atoms with Crippen LogP contribution in [0.25, 0.3) is 11.3 Å². The Morgan fingerprint density at radius 1 is 1.23 bits per heavy atom. The lowest BCUT2D eigenvalue weighted by molar-refractivity contribution is 0.0382. The number of nitrogens with one attached hydrogen (secondary N) is 1. The maximum Gasteiger partial charge on any atom is 0.289 e. The van der Waals surface area contributed by atoms with Crippen molar-refractivity contribution < 1.29 is 14.1 Å². The lowest BCUT2D eigenvalue weighted by Gasteiger charge is -2.26. The van der Waals surface area contributed by atoms with E-state index in [9.17, 15) is 4.79 Å². The molecule has 0 spiro atoms. The minimum Gasteiger partial charge on any atom is -0.379 e. The highest BCUT2D eigenvalue weighted by molar-refractivity contribution is 5.92. The third kappa shape index (κ3) is 3.72. The molecule has 0 unspecified atom stereocenters. The molecule has 0 atom stereocenters. The monoisotopic (exact) mass is 301 g/mol. The highest BCUT2D eigenvalue weighted by atomic mass is 16.5. The minimum atomic E-state index is -0.233. The van der Waals surface area contributed by atoms with Crippen molar-refractivity contribution in [3.63, 3.8) is 0 Å². The molecule has 0 bridgehead atoms. The van der Waals surface area contributed by atoms with Gasteiger partial charge < -0.3 is 14.6 Å². The van der Waals surface area contributed by atoms with E-state index < -0.39 is 0 Å². The standard InChI is InChI=1S/C16H19N3O3/c20-16(17-6-7-19-8-10-21-11-9-19)15-12-14(18-22-15)13-4-2-1-3-5-13/h1-5,12H,6-11H2,(H,17,20). The fourth-order valence-electron chi connectivity index (χ4n) is 2.37. The molecule has 22 heavy (non-hydrogen) atoms. The summed E-state index contributed by atoms with van der Waals surface area (Å²) in [6.07, 6.45) is 0. The molecule has 2 aromatic rings. The Balaban J connectivity index is 1.51. The number of amides is 1. The van der Waals surface area contributed by atoms with Gasteiger partial charge in [0.2, 0.25) is 5.76 Å². The van der Waals surface area contributed by atoms with E-state index in [0.717, 1.165) is 38.4 Å². The van der Waals surface area contributed by atoms with Gasteiger partial charge in [-0.3, -0.25) is 9.69 Å². The number of benzene rings is 1. The Kier molecular flexibility index (Phi) is 4.82. The zero-order valence-corrected chi connectivity index (χ0v) is 12.3. The molecule has 1 aromatic heterocycles. The molecule has 116 valence electrons. The largest absolute Gasteiger partial charge is 0.379 e. The topological polar surface area (TPSA) is 67.6 Å². The highest BCUT2D eigenvalue weighted by Gasteiger charge is 2.15. The molecule has 6 nitrogen and oxygen atoms in total. The molecule has 1 aromatic carbocycles. The predicted octanol–water partition coefficient (Wildman–Crippen LogP) is 1.40. The van der Waals surface area contributed by atoms with Crippen molar-refractivity contribution in [3.8, 4) is 11.3 Å². The number of rotatable bonds is 5. The average molecular weight is 301 g/mol. The van der Waals surface area contributed by atoms with Crippen LogP contribution in [-0.4, -0.2) is 55.4 Å². The molecular formula is C16H19N3O3. The fourth-order valence-corrected chi connectivity index (χ4v) is 2.37. The van der Waals surface area contributed by atoms with Crippen LogP contribution in [0, 0.1) is 0 Å². The molecular weight excluding hydrogens is 282 g/mol. The van der Waals surface area contributed by atoms with E-state index in [-0.39, 0.29) is 11.7 Å². The molecule has 3 rings (SSSR count). The number of carbonyl (C=O) groups excluding carboxylic acids is 1. The van der Waals surface area contributed by atoms with E-state index in [4.69, 9.17) is 9.26 Å². The van der Waals surface area contributed by atoms with Gasteiger partial charge in [-0.1, -0.05) is 35.5 Å². The second-order valence-electron chi connectivity index (χ2n) is 5.15. The van der Waals surface area contributed by atoms with Gasteiger partial charge in [-0.05, 0) is 0 Å². The summed E-state index contributed by atoms with van der Waals surface area (Å²) >= 11 is 0. The van der Waals surface area contributed by atoms with Gasteiger partial charge in [0.1, 0.15) is 5.69 Å². The van der Waals surface area contributed by atoms with Crippen molar-refractivity contribution in [2.24, 2.45) is 0 Å². The number of ether oxygens (including phenoxy) is 1. The van der Waals surface area contributed by atoms with E-state index in [1.54, 1.807) is 6.07 Å². The van der Waals surface area contributed by atoms with Crippen LogP contribution in [0.4, 0.5) is 0 Å². The highest BCUT2D eigenvalue weighted by Crippen LogP contribution is 2.18. The Hall–Kier alpha value is -2.18. The summed E-state index contributed by atoms with van der Waals surface area (Å²) in [6, 6.07) is 11.3. The number of aromatic nitrogens is 1. The second-order valence-corrected chi connectivity index (χ2v) is 5.15. The van der Waals surface area contributed by atoms with Crippen molar-refractivity contribution in [3.05, 3.63) is 42.2 Å². The van der Waals surface area contributed by atoms with Gasteiger partial charge >= 0.3 is 0 Å². The van der Waals surface area contributed by atoms with Crippen LogP contribution in [0.5, 0.6) is 0 Å². The van der Waals surface area contributed by atoms with Gasteiger partial charge in [0.25, 0.3) is 5.91 Å². The van der Waals surface area contributed by atoms with Crippen LogP contribution in [-0.2, 0) is 4.74 Å². The number of carbonyl (C=O) groups is 1. The quantitative estimate of drug-likeness (QED) is 0.904. The van der Waals surface area contributed by atoms with Gasteiger partial charge in [0.05, 0.1) is 13.2 Å². The molecule has 1 aliphatic rings. The first-order valence-corrected chi connectivity index (χ1v) is 7.43. The van der Waals surface area contributed by atoms with Gasteiger partial charge in [0, 0.05) is 37.8 Å². The summed E-state index contributed by atoms with van der Waals surface area (Å²) in [7, 11) is 0. The predicted molar refractivity (Wildman–Crippen MR) is 81.5 cm³/mol. The zero-order valence-electron chi connectivity index (χ0n) is 12.3. The third-order valence-corrected chi connectivity index (χ3v) is 3.62. The summed E-state index contributed by atoms with van der Waals surface area (Å²) in [5, 5.41) is 6.80. The maximum absolute atomic E-state index is 12.0. The SMILES string of the molecule is O=C(NCCN1CCOCC1)c1cc(-c2ccccc2)no1. The van der Waals surface area contributed by atoms with Crippen LogP contribution in [0.2, 0.25) is 0 Å². The first kappa shape index (κ1) is 14.7. The lowest BCUT2D eigenvalue weighted by Crippen LogP contribution is -2.41. The molecule has 0 saturated carbocycles. The molecule has 1 aliphatic heterocycles. The molecule has 1 amide bonds. The first-order valence-electron chi connectivity index (χ1n) is 7.43. The smallest absolute Gasteiger partial charge is 0.289 e. The number of nitrogens with zero attached hydrogens (tertiary/aromatic N) is 2. The van der Waals surface area contributed by atoms with Crippen molar-refractivity contribution in [2.45, 2.75) is 0 Å². The molecule has 0 radical (unpaired) electrons. The Morgan fingerprint density at radius 2 is 2.00 bits per heavy atom. The van der Waals surface area contributed by atoms with Crippen molar-refractivity contribution in [2.75, 3.05) is 39.4 Å². The first-order chi connectivity index (χ1) is 10.8. The zero-order chi connectivity index (χ0) is 15.2. The summed E-state index contributed by atoms with van der Waals surface area (Å²) in [5.74, 6) is 0.00349. The number of hydrogen-bond donors (Lipinski definition) is 1. The summed E-state index contributed by atoms with van der Waals surface area (Å²) < 4.78 is 10.4. The van der Waals surface area contributed by atoms with Crippen LogP contribution >= 0.6 is 0 Å². The summed E-state index contributed by atoms with van der Waals surface area (Å²) in [6.45, 7) is 4.74. The van der Waals surface area contributed by atoms with Crippen molar-refractivity contribution in [1.29, 1.82) is 0 Å². The molecule has 2 heterocycles. The number of morpholine rings is 1. The lowest BCUT2D eigenvalue weighted by atomic mass is 10.1. The molecule has 1 N–H and O–H groups in total. The second kappa shape index (κ2) is 7.20. The Bertz CT molecular complexity index is 606. The van der Waals surface area contributed by atoms with Crippen molar-refractivity contribution in [1.82, 2.24) is 15.4 Å². The van der Waals surface area contributed by atoms with E-state index in [2.05, 4.69) is 15.4 Å². The third-order valence-electron chi connectivity index (χ3n) is 3.62. The van der Waals surface area contributed by atoms with Gasteiger partial charge in [0.15, 0.2) is 0 Å². The minimum absolute atomic E-state index is 0.233. The molecule has 0 aliphatic carbocycles. The summed E-state index contributed by atoms with van der Waals surface area (Å²) in [5.41, 5.74) is 1.59. The maximum atomic E-state index is 12.0. The van der Waals surface area contributed by atoms with E-state index in [1.807, 2.05) is 30.3 Å².